The number of hydrogen-bond donors (Lipinski definition) is 1. The molecule has 1 aromatic carbocycles. The Bertz CT molecular complexity index is 500. The van der Waals surface area contributed by atoms with E-state index >= 15 is 0 Å². The van der Waals surface area contributed by atoms with Gasteiger partial charge in [0.1, 0.15) is 0 Å². The van der Waals surface area contributed by atoms with E-state index < -0.39 is 9.84 Å². The van der Waals surface area contributed by atoms with Crippen molar-refractivity contribution in [3.05, 3.63) is 34.9 Å². The van der Waals surface area contributed by atoms with Crippen molar-refractivity contribution in [1.82, 2.24) is 5.32 Å². The molecule has 0 spiro atoms. The fourth-order valence-electron chi connectivity index (χ4n) is 2.43. The molecule has 4 nitrogen and oxygen atoms in total. The minimum absolute atomic E-state index is 0.0845. The topological polar surface area (TPSA) is 55.4 Å². The maximum atomic E-state index is 12.3. The highest BCUT2D eigenvalue weighted by Crippen LogP contribution is 2.13. The second-order valence-corrected chi connectivity index (χ2v) is 7.37. The molecular weight excluding hydrogens is 274 g/mol. The fraction of sp³-hybridized carbons (Fsp3) is 0.600. The zero-order valence-electron chi connectivity index (χ0n) is 12.8. The van der Waals surface area contributed by atoms with Crippen molar-refractivity contribution in [1.29, 1.82) is 0 Å². The van der Waals surface area contributed by atoms with Crippen molar-refractivity contribution in [3.63, 3.8) is 0 Å². The molecule has 0 saturated carbocycles. The number of hydrogen-bond acceptors (Lipinski definition) is 4. The highest BCUT2D eigenvalue weighted by molar-refractivity contribution is 7.90. The number of nitrogens with one attached hydrogen (secondary N) is 1. The van der Waals surface area contributed by atoms with E-state index in [1.54, 1.807) is 7.11 Å². The summed E-state index contributed by atoms with van der Waals surface area (Å²) in [7, 11) is -1.57. The number of benzene rings is 1. The number of ether oxygens (including phenoxy) is 1. The van der Waals surface area contributed by atoms with Gasteiger partial charge in [0, 0.05) is 13.2 Å². The van der Waals surface area contributed by atoms with E-state index in [9.17, 15) is 8.42 Å². The van der Waals surface area contributed by atoms with Gasteiger partial charge in [0.2, 0.25) is 0 Å². The molecule has 114 valence electrons. The van der Waals surface area contributed by atoms with Crippen molar-refractivity contribution >= 4 is 9.84 Å². The Hall–Kier alpha value is -0.910. The molecule has 0 radical (unpaired) electrons. The summed E-state index contributed by atoms with van der Waals surface area (Å²) in [5, 5.41) is 3.14. The predicted octanol–water partition coefficient (Wildman–Crippen LogP) is 1.84. The molecule has 0 aromatic heterocycles. The first kappa shape index (κ1) is 17.1. The molecule has 0 heterocycles. The second kappa shape index (κ2) is 7.76. The van der Waals surface area contributed by atoms with Gasteiger partial charge in [-0.05, 0) is 26.0 Å². The highest BCUT2D eigenvalue weighted by Gasteiger charge is 2.19. The maximum Gasteiger partial charge on any atom is 0.156 e. The van der Waals surface area contributed by atoms with Crippen LogP contribution < -0.4 is 5.32 Å². The average Bonchev–Trinajstić information content (AvgIpc) is 2.26. The van der Waals surface area contributed by atoms with Gasteiger partial charge in [0.05, 0.1) is 18.1 Å². The number of likely N-dealkylation sites (N-methyl/N-ethyl adjacent to an activating group) is 1. The van der Waals surface area contributed by atoms with E-state index in [0.29, 0.717) is 6.61 Å². The van der Waals surface area contributed by atoms with Gasteiger partial charge in [-0.25, -0.2) is 8.42 Å². The van der Waals surface area contributed by atoms with Crippen LogP contribution >= 0.6 is 0 Å². The monoisotopic (exact) mass is 299 g/mol. The third kappa shape index (κ3) is 6.03. The maximum absolute atomic E-state index is 12.3. The minimum Gasteiger partial charge on any atom is -0.383 e. The molecule has 0 saturated heterocycles. The summed E-state index contributed by atoms with van der Waals surface area (Å²) in [6.45, 7) is 7.05. The third-order valence-electron chi connectivity index (χ3n) is 2.98. The quantitative estimate of drug-likeness (QED) is 0.796. The first-order valence-electron chi connectivity index (χ1n) is 6.86. The van der Waals surface area contributed by atoms with E-state index in [2.05, 4.69) is 5.32 Å². The lowest BCUT2D eigenvalue weighted by Gasteiger charge is -2.17. The Kier molecular flexibility index (Phi) is 6.65. The molecule has 1 atom stereocenters. The zero-order valence-corrected chi connectivity index (χ0v) is 13.6. The molecule has 0 aliphatic rings. The van der Waals surface area contributed by atoms with Gasteiger partial charge in [-0.2, -0.15) is 0 Å². The number of rotatable bonds is 8. The predicted molar refractivity (Wildman–Crippen MR) is 82.7 cm³/mol. The molecule has 0 amide bonds. The molecule has 0 aliphatic heterocycles. The summed E-state index contributed by atoms with van der Waals surface area (Å²) in [6.07, 6.45) is 0. The van der Waals surface area contributed by atoms with Gasteiger partial charge >= 0.3 is 0 Å². The molecule has 0 aliphatic carbocycles. The van der Waals surface area contributed by atoms with Crippen LogP contribution in [-0.4, -0.2) is 40.5 Å². The van der Waals surface area contributed by atoms with Crippen LogP contribution in [0, 0.1) is 13.8 Å². The van der Waals surface area contributed by atoms with Gasteiger partial charge in [0.25, 0.3) is 0 Å². The molecule has 1 rings (SSSR count). The Labute approximate surface area is 122 Å². The summed E-state index contributed by atoms with van der Waals surface area (Å²) in [5.41, 5.74) is 3.04. The summed E-state index contributed by atoms with van der Waals surface area (Å²) < 4.78 is 29.6. The Morgan fingerprint density at radius 3 is 2.30 bits per heavy atom. The molecular formula is C15H25NO3S. The lowest BCUT2D eigenvalue weighted by atomic mass is 10.1. The average molecular weight is 299 g/mol. The van der Waals surface area contributed by atoms with Gasteiger partial charge in [0.15, 0.2) is 9.84 Å². The van der Waals surface area contributed by atoms with E-state index in [-0.39, 0.29) is 17.5 Å². The standard InChI is InChI=1S/C15H25NO3S/c1-5-16-15(9-19-4)11-20(17,18)10-14-7-12(2)6-13(3)8-14/h6-8,15-16H,5,9-11H2,1-4H3. The first-order chi connectivity index (χ1) is 9.36. The Morgan fingerprint density at radius 2 is 1.80 bits per heavy atom. The molecule has 1 N–H and O–H groups in total. The van der Waals surface area contributed by atoms with E-state index in [1.165, 1.54) is 0 Å². The molecule has 1 unspecified atom stereocenters. The van der Waals surface area contributed by atoms with Crippen LogP contribution in [-0.2, 0) is 20.3 Å². The molecule has 20 heavy (non-hydrogen) atoms. The number of aryl methyl sites for hydroxylation is 2. The largest absolute Gasteiger partial charge is 0.383 e. The smallest absolute Gasteiger partial charge is 0.156 e. The van der Waals surface area contributed by atoms with Crippen LogP contribution in [0.15, 0.2) is 18.2 Å². The summed E-state index contributed by atoms with van der Waals surface area (Å²) in [6, 6.07) is 5.76. The van der Waals surface area contributed by atoms with Gasteiger partial charge in [-0.15, -0.1) is 0 Å². The van der Waals surface area contributed by atoms with Crippen molar-refractivity contribution < 1.29 is 13.2 Å². The van der Waals surface area contributed by atoms with Crippen LogP contribution in [0.3, 0.4) is 0 Å². The van der Waals surface area contributed by atoms with Gasteiger partial charge < -0.3 is 10.1 Å². The van der Waals surface area contributed by atoms with Crippen molar-refractivity contribution in [2.45, 2.75) is 32.6 Å². The van der Waals surface area contributed by atoms with Crippen molar-refractivity contribution in [2.75, 3.05) is 26.0 Å². The van der Waals surface area contributed by atoms with Gasteiger partial charge in [-0.3, -0.25) is 0 Å². The normalized spacial score (nSPS) is 13.4. The first-order valence-corrected chi connectivity index (χ1v) is 8.68. The minimum atomic E-state index is -3.15. The molecule has 0 bridgehead atoms. The van der Waals surface area contributed by atoms with Crippen molar-refractivity contribution in [2.24, 2.45) is 0 Å². The molecule has 5 heteroatoms. The number of sulfone groups is 1. The summed E-state index contributed by atoms with van der Waals surface area (Å²) in [4.78, 5) is 0. The highest BCUT2D eigenvalue weighted by atomic mass is 32.2. The zero-order chi connectivity index (χ0) is 15.2. The van der Waals surface area contributed by atoms with Crippen LogP contribution in [0.1, 0.15) is 23.6 Å². The van der Waals surface area contributed by atoms with Crippen LogP contribution in [0.4, 0.5) is 0 Å². The molecule has 0 fully saturated rings. The SMILES string of the molecule is CCNC(COC)CS(=O)(=O)Cc1cc(C)cc(C)c1. The van der Waals surface area contributed by atoms with Gasteiger partial charge in [-0.1, -0.05) is 36.2 Å². The van der Waals surface area contributed by atoms with E-state index in [1.807, 2.05) is 39.0 Å². The Balaban J connectivity index is 2.77. The van der Waals surface area contributed by atoms with Crippen LogP contribution in [0.25, 0.3) is 0 Å². The fourth-order valence-corrected chi connectivity index (χ4v) is 4.05. The summed E-state index contributed by atoms with van der Waals surface area (Å²) >= 11 is 0. The second-order valence-electron chi connectivity index (χ2n) is 5.26. The number of methoxy groups -OCH3 is 1. The van der Waals surface area contributed by atoms with E-state index in [4.69, 9.17) is 4.74 Å². The third-order valence-corrected chi connectivity index (χ3v) is 4.67. The van der Waals surface area contributed by atoms with Crippen LogP contribution in [0.2, 0.25) is 0 Å². The molecule has 1 aromatic rings. The van der Waals surface area contributed by atoms with Crippen molar-refractivity contribution in [3.8, 4) is 0 Å². The lowest BCUT2D eigenvalue weighted by molar-refractivity contribution is 0.174. The van der Waals surface area contributed by atoms with Crippen LogP contribution in [0.5, 0.6) is 0 Å². The van der Waals surface area contributed by atoms with E-state index in [0.717, 1.165) is 23.2 Å². The lowest BCUT2D eigenvalue weighted by Crippen LogP contribution is -2.39. The summed E-state index contributed by atoms with van der Waals surface area (Å²) in [5.74, 6) is 0.183. The Morgan fingerprint density at radius 1 is 1.20 bits per heavy atom.